The number of amidine groups is 1. The maximum atomic E-state index is 4.47. The van der Waals surface area contributed by atoms with Crippen LogP contribution in [0.5, 0.6) is 0 Å². The van der Waals surface area contributed by atoms with Crippen molar-refractivity contribution in [1.29, 1.82) is 0 Å². The molecule has 3 heteroatoms. The Hall–Kier alpha value is -0.960. The minimum Gasteiger partial charge on any atom is -0.360 e. The van der Waals surface area contributed by atoms with Gasteiger partial charge in [-0.2, -0.15) is 0 Å². The highest BCUT2D eigenvalue weighted by molar-refractivity contribution is 8.13. The molecular formula is C12H16N2S. The fourth-order valence-corrected chi connectivity index (χ4v) is 2.39. The lowest BCUT2D eigenvalue weighted by atomic mass is 10.1. The second-order valence-electron chi connectivity index (χ2n) is 3.61. The summed E-state index contributed by atoms with van der Waals surface area (Å²) in [5.41, 5.74) is 1.38. The molecule has 1 aromatic rings. The average molecular weight is 220 g/mol. The molecule has 0 aliphatic carbocycles. The van der Waals surface area contributed by atoms with Crippen molar-refractivity contribution in [2.75, 3.05) is 12.3 Å². The maximum absolute atomic E-state index is 4.47. The Kier molecular flexibility index (Phi) is 3.67. The minimum atomic E-state index is 0.487. The molecule has 1 unspecified atom stereocenters. The van der Waals surface area contributed by atoms with Crippen LogP contribution in [-0.4, -0.2) is 23.5 Å². The molecule has 0 spiro atoms. The third-order valence-electron chi connectivity index (χ3n) is 2.39. The van der Waals surface area contributed by atoms with Crippen molar-refractivity contribution in [3.05, 3.63) is 35.9 Å². The van der Waals surface area contributed by atoms with E-state index in [0.29, 0.717) is 6.04 Å². The van der Waals surface area contributed by atoms with Crippen molar-refractivity contribution < 1.29 is 0 Å². The predicted octanol–water partition coefficient (Wildman–Crippen LogP) is 2.31. The Morgan fingerprint density at radius 1 is 1.40 bits per heavy atom. The van der Waals surface area contributed by atoms with Crippen LogP contribution in [0.2, 0.25) is 0 Å². The SMILES string of the molecule is CCSC1=NCC(Cc2ccccc2)N1. The molecular weight excluding hydrogens is 204 g/mol. The molecule has 1 heterocycles. The summed E-state index contributed by atoms with van der Waals surface area (Å²) in [4.78, 5) is 4.47. The molecule has 0 saturated heterocycles. The first-order valence-corrected chi connectivity index (χ1v) is 6.34. The molecule has 1 atom stereocenters. The Bertz CT molecular complexity index is 335. The van der Waals surface area contributed by atoms with Gasteiger partial charge in [-0.15, -0.1) is 0 Å². The maximum Gasteiger partial charge on any atom is 0.156 e. The van der Waals surface area contributed by atoms with E-state index in [0.717, 1.165) is 23.9 Å². The van der Waals surface area contributed by atoms with Crippen molar-refractivity contribution in [3.8, 4) is 0 Å². The van der Waals surface area contributed by atoms with Crippen molar-refractivity contribution in [2.24, 2.45) is 4.99 Å². The molecule has 15 heavy (non-hydrogen) atoms. The first-order chi connectivity index (χ1) is 7.38. The Morgan fingerprint density at radius 3 is 2.93 bits per heavy atom. The van der Waals surface area contributed by atoms with Crippen molar-refractivity contribution in [1.82, 2.24) is 5.32 Å². The molecule has 2 rings (SSSR count). The number of rotatable bonds is 3. The van der Waals surface area contributed by atoms with Crippen molar-refractivity contribution in [3.63, 3.8) is 0 Å². The van der Waals surface area contributed by atoms with E-state index in [1.165, 1.54) is 5.56 Å². The van der Waals surface area contributed by atoms with E-state index in [1.54, 1.807) is 11.8 Å². The highest BCUT2D eigenvalue weighted by Crippen LogP contribution is 2.11. The standard InChI is InChI=1S/C12H16N2S/c1-2-15-12-13-9-11(14-12)8-10-6-4-3-5-7-10/h3-7,11H,2,8-9H2,1H3,(H,13,14). The normalized spacial score (nSPS) is 19.8. The molecule has 1 aromatic carbocycles. The van der Waals surface area contributed by atoms with Gasteiger partial charge in [-0.1, -0.05) is 49.0 Å². The van der Waals surface area contributed by atoms with Crippen LogP contribution in [0.4, 0.5) is 0 Å². The summed E-state index contributed by atoms with van der Waals surface area (Å²) in [5.74, 6) is 1.09. The van der Waals surface area contributed by atoms with E-state index in [1.807, 2.05) is 0 Å². The summed E-state index contributed by atoms with van der Waals surface area (Å²) < 4.78 is 0. The van der Waals surface area contributed by atoms with E-state index in [-0.39, 0.29) is 0 Å². The molecule has 0 amide bonds. The van der Waals surface area contributed by atoms with Crippen LogP contribution in [0.1, 0.15) is 12.5 Å². The van der Waals surface area contributed by atoms with Gasteiger partial charge < -0.3 is 5.32 Å². The molecule has 1 aliphatic rings. The summed E-state index contributed by atoms with van der Waals surface area (Å²) in [6.45, 7) is 3.07. The number of hydrogen-bond donors (Lipinski definition) is 1. The lowest BCUT2D eigenvalue weighted by molar-refractivity contribution is 0.656. The lowest BCUT2D eigenvalue weighted by Gasteiger charge is -2.10. The quantitative estimate of drug-likeness (QED) is 0.845. The molecule has 0 radical (unpaired) electrons. The van der Waals surface area contributed by atoms with Gasteiger partial charge in [-0.05, 0) is 17.7 Å². The largest absolute Gasteiger partial charge is 0.360 e. The Morgan fingerprint density at radius 2 is 2.20 bits per heavy atom. The zero-order valence-corrected chi connectivity index (χ0v) is 9.76. The van der Waals surface area contributed by atoms with Crippen LogP contribution in [0.3, 0.4) is 0 Å². The van der Waals surface area contributed by atoms with E-state index in [4.69, 9.17) is 0 Å². The average Bonchev–Trinajstić information content (AvgIpc) is 2.68. The van der Waals surface area contributed by atoms with Crippen LogP contribution in [0.15, 0.2) is 35.3 Å². The summed E-state index contributed by atoms with van der Waals surface area (Å²) in [5, 5.41) is 4.56. The van der Waals surface area contributed by atoms with Gasteiger partial charge >= 0.3 is 0 Å². The monoisotopic (exact) mass is 220 g/mol. The smallest absolute Gasteiger partial charge is 0.156 e. The molecule has 2 nitrogen and oxygen atoms in total. The Labute approximate surface area is 95.2 Å². The fourth-order valence-electron chi connectivity index (χ4n) is 1.70. The van der Waals surface area contributed by atoms with Gasteiger partial charge in [0.1, 0.15) is 0 Å². The summed E-state index contributed by atoms with van der Waals surface area (Å²) in [7, 11) is 0. The predicted molar refractivity (Wildman–Crippen MR) is 67.5 cm³/mol. The van der Waals surface area contributed by atoms with Gasteiger partial charge in [0.25, 0.3) is 0 Å². The van der Waals surface area contributed by atoms with E-state index < -0.39 is 0 Å². The zero-order valence-electron chi connectivity index (χ0n) is 8.94. The lowest BCUT2D eigenvalue weighted by Crippen LogP contribution is -2.30. The zero-order chi connectivity index (χ0) is 10.5. The number of nitrogens with zero attached hydrogens (tertiary/aromatic N) is 1. The number of thioether (sulfide) groups is 1. The summed E-state index contributed by atoms with van der Waals surface area (Å²) in [6.07, 6.45) is 1.07. The van der Waals surface area contributed by atoms with E-state index >= 15 is 0 Å². The number of aliphatic imine (C=N–C) groups is 1. The van der Waals surface area contributed by atoms with Crippen molar-refractivity contribution in [2.45, 2.75) is 19.4 Å². The van der Waals surface area contributed by atoms with Gasteiger partial charge in [-0.25, -0.2) is 0 Å². The highest BCUT2D eigenvalue weighted by atomic mass is 32.2. The molecule has 0 saturated carbocycles. The van der Waals surface area contributed by atoms with Crippen LogP contribution in [-0.2, 0) is 6.42 Å². The van der Waals surface area contributed by atoms with Crippen LogP contribution in [0.25, 0.3) is 0 Å². The molecule has 0 bridgehead atoms. The topological polar surface area (TPSA) is 24.4 Å². The first-order valence-electron chi connectivity index (χ1n) is 5.36. The van der Waals surface area contributed by atoms with Gasteiger partial charge in [0.15, 0.2) is 5.17 Å². The second kappa shape index (κ2) is 5.21. The molecule has 1 aliphatic heterocycles. The van der Waals surface area contributed by atoms with Crippen molar-refractivity contribution >= 4 is 16.9 Å². The van der Waals surface area contributed by atoms with E-state index in [9.17, 15) is 0 Å². The molecule has 0 aromatic heterocycles. The fraction of sp³-hybridized carbons (Fsp3) is 0.417. The second-order valence-corrected chi connectivity index (χ2v) is 4.86. The van der Waals surface area contributed by atoms with Crippen LogP contribution >= 0.6 is 11.8 Å². The molecule has 0 fully saturated rings. The number of benzene rings is 1. The molecule has 1 N–H and O–H groups in total. The van der Waals surface area contributed by atoms with Gasteiger partial charge in [0.2, 0.25) is 0 Å². The van der Waals surface area contributed by atoms with Gasteiger partial charge in [0.05, 0.1) is 12.6 Å². The first kappa shape index (κ1) is 10.6. The van der Waals surface area contributed by atoms with Crippen LogP contribution < -0.4 is 5.32 Å². The highest BCUT2D eigenvalue weighted by Gasteiger charge is 2.16. The van der Waals surface area contributed by atoms with Crippen LogP contribution in [0, 0.1) is 0 Å². The van der Waals surface area contributed by atoms with E-state index in [2.05, 4.69) is 47.6 Å². The number of nitrogens with one attached hydrogen (secondary N) is 1. The number of hydrogen-bond acceptors (Lipinski definition) is 3. The summed E-state index contributed by atoms with van der Waals surface area (Å²) in [6, 6.07) is 11.1. The van der Waals surface area contributed by atoms with Gasteiger partial charge in [0, 0.05) is 0 Å². The Balaban J connectivity index is 1.84. The minimum absolute atomic E-state index is 0.487. The third kappa shape index (κ3) is 2.99. The summed E-state index contributed by atoms with van der Waals surface area (Å²) >= 11 is 1.79. The molecule has 80 valence electrons. The third-order valence-corrected chi connectivity index (χ3v) is 3.20. The van der Waals surface area contributed by atoms with Gasteiger partial charge in [-0.3, -0.25) is 4.99 Å².